The first kappa shape index (κ1) is 18.1. The lowest BCUT2D eigenvalue weighted by Gasteiger charge is -2.10. The quantitative estimate of drug-likeness (QED) is 0.822. The SMILES string of the molecule is N#CCC(=O)Nc1ccc(S(=O)(=O)Nc2ccc(Cl)c(Cl)c2)cc1. The number of carbonyl (C=O) groups is 1. The number of halogens is 2. The molecule has 0 saturated carbocycles. The van der Waals surface area contributed by atoms with Crippen molar-refractivity contribution in [2.75, 3.05) is 10.0 Å². The maximum atomic E-state index is 12.3. The Morgan fingerprint density at radius 3 is 2.25 bits per heavy atom. The van der Waals surface area contributed by atoms with Crippen LogP contribution in [0.5, 0.6) is 0 Å². The van der Waals surface area contributed by atoms with Gasteiger partial charge in [0.25, 0.3) is 10.0 Å². The molecule has 0 fully saturated rings. The molecule has 2 N–H and O–H groups in total. The van der Waals surface area contributed by atoms with E-state index in [0.29, 0.717) is 10.7 Å². The molecule has 24 heavy (non-hydrogen) atoms. The Bertz CT molecular complexity index is 907. The van der Waals surface area contributed by atoms with Crippen molar-refractivity contribution in [2.45, 2.75) is 11.3 Å². The zero-order valence-electron chi connectivity index (χ0n) is 12.1. The summed E-state index contributed by atoms with van der Waals surface area (Å²) in [6.45, 7) is 0. The number of carbonyl (C=O) groups excluding carboxylic acids is 1. The summed E-state index contributed by atoms with van der Waals surface area (Å²) in [7, 11) is -3.82. The van der Waals surface area contributed by atoms with Crippen LogP contribution in [0.2, 0.25) is 10.0 Å². The van der Waals surface area contributed by atoms with Crippen LogP contribution in [0.4, 0.5) is 11.4 Å². The maximum Gasteiger partial charge on any atom is 0.261 e. The molecular formula is C15H11Cl2N3O3S. The molecule has 124 valence electrons. The normalized spacial score (nSPS) is 10.7. The first-order chi connectivity index (χ1) is 11.3. The molecule has 0 bridgehead atoms. The number of anilines is 2. The van der Waals surface area contributed by atoms with Crippen LogP contribution in [-0.4, -0.2) is 14.3 Å². The van der Waals surface area contributed by atoms with Crippen molar-refractivity contribution in [1.29, 1.82) is 5.26 Å². The van der Waals surface area contributed by atoms with E-state index < -0.39 is 15.9 Å². The molecule has 0 aliphatic carbocycles. The third-order valence-electron chi connectivity index (χ3n) is 2.86. The van der Waals surface area contributed by atoms with Gasteiger partial charge in [-0.05, 0) is 42.5 Å². The van der Waals surface area contributed by atoms with Crippen molar-refractivity contribution in [1.82, 2.24) is 0 Å². The number of rotatable bonds is 5. The van der Waals surface area contributed by atoms with Crippen LogP contribution in [0.1, 0.15) is 6.42 Å². The predicted octanol–water partition coefficient (Wildman–Crippen LogP) is 3.65. The second kappa shape index (κ2) is 7.53. The minimum absolute atomic E-state index is 0.00635. The third kappa shape index (κ3) is 4.61. The lowest BCUT2D eigenvalue weighted by Crippen LogP contribution is -2.13. The molecule has 9 heteroatoms. The summed E-state index contributed by atoms with van der Waals surface area (Å²) in [4.78, 5) is 11.3. The van der Waals surface area contributed by atoms with Crippen molar-refractivity contribution in [3.8, 4) is 6.07 Å². The van der Waals surface area contributed by atoms with Gasteiger partial charge in [0.2, 0.25) is 5.91 Å². The molecule has 0 heterocycles. The molecule has 1 amide bonds. The zero-order valence-corrected chi connectivity index (χ0v) is 14.4. The van der Waals surface area contributed by atoms with Crippen molar-refractivity contribution >= 4 is 50.5 Å². The van der Waals surface area contributed by atoms with E-state index in [4.69, 9.17) is 28.5 Å². The van der Waals surface area contributed by atoms with E-state index >= 15 is 0 Å². The van der Waals surface area contributed by atoms with E-state index in [1.807, 2.05) is 0 Å². The number of nitrogens with zero attached hydrogens (tertiary/aromatic N) is 1. The highest BCUT2D eigenvalue weighted by Gasteiger charge is 2.15. The molecule has 0 aromatic heterocycles. The molecule has 6 nitrogen and oxygen atoms in total. The van der Waals surface area contributed by atoms with Gasteiger partial charge >= 0.3 is 0 Å². The largest absolute Gasteiger partial charge is 0.325 e. The molecule has 2 aromatic rings. The van der Waals surface area contributed by atoms with Gasteiger partial charge in [-0.2, -0.15) is 5.26 Å². The Hall–Kier alpha value is -2.27. The molecule has 0 spiro atoms. The molecular weight excluding hydrogens is 373 g/mol. The van der Waals surface area contributed by atoms with Gasteiger partial charge in [0.1, 0.15) is 6.42 Å². The van der Waals surface area contributed by atoms with Gasteiger partial charge < -0.3 is 5.32 Å². The van der Waals surface area contributed by atoms with Gasteiger partial charge in [-0.3, -0.25) is 9.52 Å². The Morgan fingerprint density at radius 2 is 1.67 bits per heavy atom. The highest BCUT2D eigenvalue weighted by atomic mass is 35.5. The Morgan fingerprint density at radius 1 is 1.04 bits per heavy atom. The van der Waals surface area contributed by atoms with Gasteiger partial charge in [-0.15, -0.1) is 0 Å². The third-order valence-corrected chi connectivity index (χ3v) is 5.00. The van der Waals surface area contributed by atoms with Crippen LogP contribution in [0, 0.1) is 11.3 Å². The molecule has 0 unspecified atom stereocenters. The molecule has 0 atom stereocenters. The van der Waals surface area contributed by atoms with Crippen LogP contribution in [-0.2, 0) is 14.8 Å². The van der Waals surface area contributed by atoms with Gasteiger partial charge in [0, 0.05) is 5.69 Å². The highest BCUT2D eigenvalue weighted by Crippen LogP contribution is 2.26. The fourth-order valence-corrected chi connectivity index (χ4v) is 3.12. The van der Waals surface area contributed by atoms with Crippen LogP contribution in [0.15, 0.2) is 47.4 Å². The first-order valence-corrected chi connectivity index (χ1v) is 8.80. The predicted molar refractivity (Wildman–Crippen MR) is 92.6 cm³/mol. The second-order valence-corrected chi connectivity index (χ2v) is 7.14. The van der Waals surface area contributed by atoms with Gasteiger partial charge in [-0.1, -0.05) is 23.2 Å². The standard InChI is InChI=1S/C15H11Cl2N3O3S/c16-13-6-3-11(9-14(13)17)20-24(22,23)12-4-1-10(2-5-12)19-15(21)7-8-18/h1-6,9,20H,7H2,(H,19,21). The summed E-state index contributed by atoms with van der Waals surface area (Å²) >= 11 is 11.6. The van der Waals surface area contributed by atoms with Crippen molar-refractivity contribution < 1.29 is 13.2 Å². The average molecular weight is 384 g/mol. The smallest absolute Gasteiger partial charge is 0.261 e. The fraction of sp³-hybridized carbons (Fsp3) is 0.0667. The topological polar surface area (TPSA) is 99.1 Å². The lowest BCUT2D eigenvalue weighted by atomic mass is 10.3. The van der Waals surface area contributed by atoms with Crippen LogP contribution >= 0.6 is 23.2 Å². The highest BCUT2D eigenvalue weighted by molar-refractivity contribution is 7.92. The summed E-state index contributed by atoms with van der Waals surface area (Å²) in [5.41, 5.74) is 0.666. The van der Waals surface area contributed by atoms with Crippen LogP contribution in [0.25, 0.3) is 0 Å². The molecule has 2 aromatic carbocycles. The Balaban J connectivity index is 2.16. The number of benzene rings is 2. The molecule has 0 saturated heterocycles. The number of nitrogens with one attached hydrogen (secondary N) is 2. The summed E-state index contributed by atoms with van der Waals surface area (Å²) in [6, 6.07) is 11.6. The van der Waals surface area contributed by atoms with E-state index in [0.717, 1.165) is 0 Å². The maximum absolute atomic E-state index is 12.3. The first-order valence-electron chi connectivity index (χ1n) is 6.56. The van der Waals surface area contributed by atoms with E-state index in [9.17, 15) is 13.2 Å². The summed E-state index contributed by atoms with van der Waals surface area (Å²) < 4.78 is 27.0. The van der Waals surface area contributed by atoms with E-state index in [1.165, 1.54) is 42.5 Å². The van der Waals surface area contributed by atoms with E-state index in [1.54, 1.807) is 6.07 Å². The van der Waals surface area contributed by atoms with Gasteiger partial charge in [-0.25, -0.2) is 8.42 Å². The minimum Gasteiger partial charge on any atom is -0.325 e. The zero-order chi connectivity index (χ0) is 17.7. The second-order valence-electron chi connectivity index (χ2n) is 4.64. The summed E-state index contributed by atoms with van der Waals surface area (Å²) in [6.07, 6.45) is -0.279. The Kier molecular flexibility index (Phi) is 5.67. The number of amides is 1. The Labute approximate surface area is 149 Å². The van der Waals surface area contributed by atoms with Crippen molar-refractivity contribution in [3.63, 3.8) is 0 Å². The van der Waals surface area contributed by atoms with Gasteiger partial charge in [0.05, 0.1) is 26.7 Å². The molecule has 0 aliphatic heterocycles. The van der Waals surface area contributed by atoms with Gasteiger partial charge in [0.15, 0.2) is 0 Å². The van der Waals surface area contributed by atoms with Crippen molar-refractivity contribution in [2.24, 2.45) is 0 Å². The monoisotopic (exact) mass is 383 g/mol. The minimum atomic E-state index is -3.82. The van der Waals surface area contributed by atoms with Crippen molar-refractivity contribution in [3.05, 3.63) is 52.5 Å². The number of nitriles is 1. The molecule has 2 rings (SSSR count). The van der Waals surface area contributed by atoms with Crippen LogP contribution in [0.3, 0.4) is 0 Å². The molecule has 0 radical (unpaired) electrons. The average Bonchev–Trinajstić information content (AvgIpc) is 2.51. The summed E-state index contributed by atoms with van der Waals surface area (Å²) in [5, 5.41) is 11.4. The van der Waals surface area contributed by atoms with E-state index in [2.05, 4.69) is 10.0 Å². The number of sulfonamides is 1. The fourth-order valence-electron chi connectivity index (χ4n) is 1.77. The number of hydrogen-bond donors (Lipinski definition) is 2. The number of hydrogen-bond acceptors (Lipinski definition) is 4. The van der Waals surface area contributed by atoms with E-state index in [-0.39, 0.29) is 22.0 Å². The summed E-state index contributed by atoms with van der Waals surface area (Å²) in [5.74, 6) is -0.470. The molecule has 0 aliphatic rings. The van der Waals surface area contributed by atoms with Crippen LogP contribution < -0.4 is 10.0 Å². The lowest BCUT2D eigenvalue weighted by molar-refractivity contribution is -0.115.